The van der Waals surface area contributed by atoms with E-state index >= 15 is 0 Å². The first-order valence-corrected chi connectivity index (χ1v) is 9.94. The van der Waals surface area contributed by atoms with Crippen LogP contribution in [0.25, 0.3) is 0 Å². The van der Waals surface area contributed by atoms with Gasteiger partial charge < -0.3 is 19.7 Å². The zero-order chi connectivity index (χ0) is 20.8. The summed E-state index contributed by atoms with van der Waals surface area (Å²) in [5.74, 6) is 0.754. The molecule has 1 fully saturated rings. The normalized spacial score (nSPS) is 16.2. The summed E-state index contributed by atoms with van der Waals surface area (Å²) in [4.78, 5) is 27.3. The van der Waals surface area contributed by atoms with E-state index in [-0.39, 0.29) is 17.7 Å². The Hall–Kier alpha value is -2.73. The van der Waals surface area contributed by atoms with E-state index in [1.165, 1.54) is 0 Å². The number of amides is 2. The van der Waals surface area contributed by atoms with Crippen molar-refractivity contribution in [2.45, 2.75) is 19.4 Å². The molecule has 1 heterocycles. The Morgan fingerprint density at radius 2 is 1.93 bits per heavy atom. The van der Waals surface area contributed by atoms with Crippen LogP contribution in [0.1, 0.15) is 28.8 Å². The topological polar surface area (TPSA) is 67.9 Å². The Labute approximate surface area is 175 Å². The van der Waals surface area contributed by atoms with Crippen LogP contribution in [0.2, 0.25) is 5.02 Å². The molecule has 2 aromatic carbocycles. The molecule has 0 aliphatic carbocycles. The van der Waals surface area contributed by atoms with E-state index in [1.54, 1.807) is 43.4 Å². The minimum atomic E-state index is -0.258. The Balaban J connectivity index is 1.63. The average molecular weight is 417 g/mol. The fourth-order valence-electron chi connectivity index (χ4n) is 3.60. The molecule has 1 unspecified atom stereocenters. The van der Waals surface area contributed by atoms with Gasteiger partial charge in [0.25, 0.3) is 5.91 Å². The molecule has 6 nitrogen and oxygen atoms in total. The molecule has 1 aliphatic rings. The van der Waals surface area contributed by atoms with E-state index in [1.807, 2.05) is 18.2 Å². The number of ether oxygens (including phenoxy) is 2. The zero-order valence-electron chi connectivity index (χ0n) is 16.6. The summed E-state index contributed by atoms with van der Waals surface area (Å²) in [6, 6.07) is 12.5. The van der Waals surface area contributed by atoms with E-state index < -0.39 is 0 Å². The van der Waals surface area contributed by atoms with Crippen LogP contribution in [0.4, 0.5) is 0 Å². The first-order chi connectivity index (χ1) is 14.0. The van der Waals surface area contributed by atoms with Crippen molar-refractivity contribution < 1.29 is 19.1 Å². The molecule has 0 radical (unpaired) electrons. The van der Waals surface area contributed by atoms with Gasteiger partial charge in [-0.25, -0.2) is 0 Å². The van der Waals surface area contributed by atoms with Crippen LogP contribution in [0.5, 0.6) is 11.5 Å². The fraction of sp³-hybridized carbons (Fsp3) is 0.364. The summed E-state index contributed by atoms with van der Waals surface area (Å²) in [7, 11) is 3.15. The lowest BCUT2D eigenvalue weighted by Gasteiger charge is -2.32. The van der Waals surface area contributed by atoms with Crippen LogP contribution in [0.3, 0.4) is 0 Å². The Morgan fingerprint density at radius 1 is 1.14 bits per heavy atom. The monoisotopic (exact) mass is 416 g/mol. The van der Waals surface area contributed by atoms with Crippen molar-refractivity contribution in [1.29, 1.82) is 0 Å². The lowest BCUT2D eigenvalue weighted by molar-refractivity contribution is -0.126. The van der Waals surface area contributed by atoms with E-state index in [9.17, 15) is 9.59 Å². The summed E-state index contributed by atoms with van der Waals surface area (Å²) in [6.45, 7) is 1.33. The Kier molecular flexibility index (Phi) is 6.99. The van der Waals surface area contributed by atoms with E-state index in [4.69, 9.17) is 21.1 Å². The molecule has 1 atom stereocenters. The molecule has 0 saturated carbocycles. The van der Waals surface area contributed by atoms with E-state index in [2.05, 4.69) is 5.32 Å². The molecule has 1 N–H and O–H groups in total. The molecule has 0 bridgehead atoms. The number of halogens is 1. The molecule has 3 rings (SSSR count). The van der Waals surface area contributed by atoms with Crippen molar-refractivity contribution in [2.24, 2.45) is 5.92 Å². The predicted octanol–water partition coefficient (Wildman–Crippen LogP) is 3.53. The van der Waals surface area contributed by atoms with Gasteiger partial charge in [-0.3, -0.25) is 9.59 Å². The van der Waals surface area contributed by atoms with Gasteiger partial charge in [-0.15, -0.1) is 0 Å². The molecule has 154 valence electrons. The predicted molar refractivity (Wildman–Crippen MR) is 111 cm³/mol. The number of para-hydroxylation sites is 1. The van der Waals surface area contributed by atoms with Crippen molar-refractivity contribution in [1.82, 2.24) is 10.2 Å². The van der Waals surface area contributed by atoms with Crippen LogP contribution in [0.15, 0.2) is 42.5 Å². The van der Waals surface area contributed by atoms with Crippen molar-refractivity contribution >= 4 is 23.4 Å². The molecule has 0 aromatic heterocycles. The third-order valence-corrected chi connectivity index (χ3v) is 5.45. The third kappa shape index (κ3) is 4.82. The van der Waals surface area contributed by atoms with Crippen molar-refractivity contribution in [3.63, 3.8) is 0 Å². The molecule has 1 saturated heterocycles. The van der Waals surface area contributed by atoms with Gasteiger partial charge in [-0.05, 0) is 31.0 Å². The van der Waals surface area contributed by atoms with Gasteiger partial charge >= 0.3 is 0 Å². The zero-order valence-corrected chi connectivity index (χ0v) is 17.4. The number of rotatable bonds is 6. The lowest BCUT2D eigenvalue weighted by Crippen LogP contribution is -2.45. The van der Waals surface area contributed by atoms with Crippen molar-refractivity contribution in [3.8, 4) is 11.5 Å². The quantitative estimate of drug-likeness (QED) is 0.782. The second-order valence-electron chi connectivity index (χ2n) is 6.94. The van der Waals surface area contributed by atoms with Gasteiger partial charge in [0.05, 0.1) is 30.7 Å². The molecular formula is C22H25ClN2O4. The number of nitrogens with one attached hydrogen (secondary N) is 1. The lowest BCUT2D eigenvalue weighted by atomic mass is 9.96. The number of likely N-dealkylation sites (tertiary alicyclic amines) is 1. The van der Waals surface area contributed by atoms with Crippen LogP contribution < -0.4 is 14.8 Å². The first kappa shape index (κ1) is 21.0. The summed E-state index contributed by atoms with van der Waals surface area (Å²) >= 11 is 6.16. The minimum absolute atomic E-state index is 0.0773. The summed E-state index contributed by atoms with van der Waals surface area (Å²) in [6.07, 6.45) is 1.52. The highest BCUT2D eigenvalue weighted by molar-refractivity contribution is 6.33. The largest absolute Gasteiger partial charge is 0.493 e. The molecule has 1 aliphatic heterocycles. The van der Waals surface area contributed by atoms with Gasteiger partial charge in [-0.1, -0.05) is 35.9 Å². The molecule has 0 spiro atoms. The summed E-state index contributed by atoms with van der Waals surface area (Å²) in [5.41, 5.74) is 1.30. The highest BCUT2D eigenvalue weighted by Crippen LogP contribution is 2.30. The number of carbonyl (C=O) groups excluding carboxylic acids is 2. The second kappa shape index (κ2) is 9.65. The number of benzene rings is 2. The van der Waals surface area contributed by atoms with Gasteiger partial charge in [0, 0.05) is 25.2 Å². The first-order valence-electron chi connectivity index (χ1n) is 9.56. The van der Waals surface area contributed by atoms with Gasteiger partial charge in [0.15, 0.2) is 11.5 Å². The number of piperidine rings is 1. The van der Waals surface area contributed by atoms with Gasteiger partial charge in [0.2, 0.25) is 5.91 Å². The smallest absolute Gasteiger partial charge is 0.255 e. The second-order valence-corrected chi connectivity index (χ2v) is 7.35. The molecule has 2 amide bonds. The molecule has 7 heteroatoms. The summed E-state index contributed by atoms with van der Waals surface area (Å²) < 4.78 is 10.7. The Morgan fingerprint density at radius 3 is 2.66 bits per heavy atom. The molecule has 2 aromatic rings. The number of nitrogens with zero attached hydrogens (tertiary/aromatic N) is 1. The van der Waals surface area contributed by atoms with Crippen LogP contribution in [-0.2, 0) is 11.3 Å². The number of hydrogen-bond donors (Lipinski definition) is 1. The maximum absolute atomic E-state index is 12.8. The number of hydrogen-bond acceptors (Lipinski definition) is 4. The molecule has 29 heavy (non-hydrogen) atoms. The summed E-state index contributed by atoms with van der Waals surface area (Å²) in [5, 5.41) is 3.39. The van der Waals surface area contributed by atoms with Crippen LogP contribution in [-0.4, -0.2) is 44.0 Å². The minimum Gasteiger partial charge on any atom is -0.493 e. The van der Waals surface area contributed by atoms with Crippen molar-refractivity contribution in [3.05, 3.63) is 58.6 Å². The van der Waals surface area contributed by atoms with E-state index in [0.29, 0.717) is 41.7 Å². The van der Waals surface area contributed by atoms with Gasteiger partial charge in [0.1, 0.15) is 0 Å². The fourth-order valence-corrected chi connectivity index (χ4v) is 3.82. The van der Waals surface area contributed by atoms with Crippen LogP contribution in [0, 0.1) is 5.92 Å². The average Bonchev–Trinajstić information content (AvgIpc) is 2.77. The third-order valence-electron chi connectivity index (χ3n) is 5.12. The van der Waals surface area contributed by atoms with Crippen LogP contribution >= 0.6 is 11.6 Å². The Bertz CT molecular complexity index is 887. The van der Waals surface area contributed by atoms with Gasteiger partial charge in [-0.2, -0.15) is 0 Å². The molecular weight excluding hydrogens is 392 g/mol. The highest BCUT2D eigenvalue weighted by atomic mass is 35.5. The highest BCUT2D eigenvalue weighted by Gasteiger charge is 2.29. The standard InChI is InChI=1S/C22H25ClN2O4/c1-28-19-11-5-7-15(20(19)29-2)13-24-21(26)16-8-6-12-25(14-16)22(27)17-9-3-4-10-18(17)23/h3-5,7,9-11,16H,6,8,12-14H2,1-2H3,(H,24,26). The number of carbonyl (C=O) groups is 2. The maximum atomic E-state index is 12.8. The van der Waals surface area contributed by atoms with E-state index in [0.717, 1.165) is 18.4 Å². The number of methoxy groups -OCH3 is 2. The maximum Gasteiger partial charge on any atom is 0.255 e. The SMILES string of the molecule is COc1cccc(CNC(=O)C2CCCN(C(=O)c3ccccc3Cl)C2)c1OC. The van der Waals surface area contributed by atoms with Crippen molar-refractivity contribution in [2.75, 3.05) is 27.3 Å².